The van der Waals surface area contributed by atoms with Crippen LogP contribution in [0.1, 0.15) is 44.9 Å². The summed E-state index contributed by atoms with van der Waals surface area (Å²) in [5, 5.41) is 24.1. The van der Waals surface area contributed by atoms with Crippen LogP contribution in [0.2, 0.25) is 0 Å². The second kappa shape index (κ2) is 9.05. The number of rotatable bonds is 5. The molecular formula is C25H34N2O2S. The second-order valence-corrected chi connectivity index (χ2v) is 10.9. The fraction of sp³-hybridized carbons (Fsp3) is 0.640. The Morgan fingerprint density at radius 2 is 2.17 bits per heavy atom. The molecule has 3 aliphatic carbocycles. The molecule has 0 aromatic carbocycles. The Balaban J connectivity index is 1.35. The van der Waals surface area contributed by atoms with E-state index in [4.69, 9.17) is 4.99 Å². The number of aliphatic hydroxyl groups excluding tert-OH is 2. The molecule has 162 valence electrons. The zero-order valence-electron chi connectivity index (χ0n) is 17.6. The van der Waals surface area contributed by atoms with E-state index < -0.39 is 6.23 Å². The van der Waals surface area contributed by atoms with Crippen LogP contribution in [0.4, 0.5) is 0 Å². The highest BCUT2D eigenvalue weighted by molar-refractivity contribution is 7.99. The lowest BCUT2D eigenvalue weighted by molar-refractivity contribution is 0.186. The van der Waals surface area contributed by atoms with Gasteiger partial charge in [0, 0.05) is 24.8 Å². The van der Waals surface area contributed by atoms with E-state index >= 15 is 0 Å². The molecule has 3 N–H and O–H groups in total. The molecule has 6 unspecified atom stereocenters. The van der Waals surface area contributed by atoms with Crippen molar-refractivity contribution in [3.63, 3.8) is 0 Å². The minimum atomic E-state index is -0.775. The molecule has 2 heterocycles. The first kappa shape index (κ1) is 20.6. The van der Waals surface area contributed by atoms with Crippen LogP contribution in [0.5, 0.6) is 0 Å². The van der Waals surface area contributed by atoms with E-state index in [0.29, 0.717) is 18.1 Å². The zero-order valence-corrected chi connectivity index (χ0v) is 18.4. The van der Waals surface area contributed by atoms with Gasteiger partial charge in [0.1, 0.15) is 6.23 Å². The van der Waals surface area contributed by atoms with Gasteiger partial charge in [0.2, 0.25) is 0 Å². The van der Waals surface area contributed by atoms with Crippen LogP contribution in [-0.2, 0) is 0 Å². The van der Waals surface area contributed by atoms with Crippen LogP contribution in [-0.4, -0.2) is 45.7 Å². The Morgan fingerprint density at radius 1 is 1.23 bits per heavy atom. The molecule has 30 heavy (non-hydrogen) atoms. The molecule has 0 radical (unpaired) electrons. The van der Waals surface area contributed by atoms with Gasteiger partial charge in [0.05, 0.1) is 17.5 Å². The lowest BCUT2D eigenvalue weighted by atomic mass is 9.84. The largest absolute Gasteiger partial charge is 0.512 e. The van der Waals surface area contributed by atoms with Gasteiger partial charge in [-0.3, -0.25) is 10.3 Å². The lowest BCUT2D eigenvalue weighted by Crippen LogP contribution is -2.43. The van der Waals surface area contributed by atoms with Crippen LogP contribution in [0, 0.1) is 23.7 Å². The number of hydrogen-bond acceptors (Lipinski definition) is 5. The van der Waals surface area contributed by atoms with Gasteiger partial charge in [-0.05, 0) is 73.0 Å². The fourth-order valence-electron chi connectivity index (χ4n) is 5.64. The summed E-state index contributed by atoms with van der Waals surface area (Å²) in [6.07, 6.45) is 19.6. The summed E-state index contributed by atoms with van der Waals surface area (Å²) in [4.78, 5) is 5.26. The molecule has 0 aromatic heterocycles. The van der Waals surface area contributed by atoms with Crippen LogP contribution >= 0.6 is 11.8 Å². The Hall–Kier alpha value is -1.30. The molecule has 5 aliphatic rings. The standard InChI is InChI=1S/C25H34N2O2S/c28-20-5-1-4-19(15-20)26-25(29)24-13-17-6-7-18-14-21(18)22(11-17)23(27-24)12-16-3-2-9-30-10-8-16/h1,4-7,11,16,18-19,21-23,25-26,28-29H,2-3,8-10,12-15H2/t16?,18?,19?,21-,22?,23?,25?/m0/s1. The first-order valence-electron chi connectivity index (χ1n) is 11.7. The van der Waals surface area contributed by atoms with E-state index in [1.807, 2.05) is 12.2 Å². The third kappa shape index (κ3) is 4.79. The van der Waals surface area contributed by atoms with Crippen molar-refractivity contribution in [1.29, 1.82) is 0 Å². The molecule has 0 aromatic rings. The molecule has 2 bridgehead atoms. The Morgan fingerprint density at radius 3 is 3.07 bits per heavy atom. The van der Waals surface area contributed by atoms with E-state index in [1.165, 1.54) is 42.8 Å². The van der Waals surface area contributed by atoms with Crippen LogP contribution in [0.15, 0.2) is 52.8 Å². The minimum Gasteiger partial charge on any atom is -0.512 e. The van der Waals surface area contributed by atoms with E-state index in [9.17, 15) is 10.2 Å². The van der Waals surface area contributed by atoms with Crippen LogP contribution < -0.4 is 5.32 Å². The van der Waals surface area contributed by atoms with Crippen LogP contribution in [0.25, 0.3) is 0 Å². The topological polar surface area (TPSA) is 64.8 Å². The second-order valence-electron chi connectivity index (χ2n) is 9.67. The molecule has 0 spiro atoms. The monoisotopic (exact) mass is 426 g/mol. The average Bonchev–Trinajstić information content (AvgIpc) is 3.53. The zero-order chi connectivity index (χ0) is 20.5. The summed E-state index contributed by atoms with van der Waals surface area (Å²) in [7, 11) is 0. The predicted molar refractivity (Wildman–Crippen MR) is 125 cm³/mol. The molecule has 5 heteroatoms. The molecule has 2 fully saturated rings. The van der Waals surface area contributed by atoms with Gasteiger partial charge in [-0.15, -0.1) is 0 Å². The predicted octanol–water partition coefficient (Wildman–Crippen LogP) is 4.55. The van der Waals surface area contributed by atoms with E-state index in [0.717, 1.165) is 36.3 Å². The van der Waals surface area contributed by atoms with Gasteiger partial charge < -0.3 is 10.2 Å². The highest BCUT2D eigenvalue weighted by atomic mass is 32.2. The van der Waals surface area contributed by atoms with Gasteiger partial charge in [0.25, 0.3) is 0 Å². The molecule has 4 nitrogen and oxygen atoms in total. The minimum absolute atomic E-state index is 0.0622. The smallest absolute Gasteiger partial charge is 0.144 e. The summed E-state index contributed by atoms with van der Waals surface area (Å²) in [6, 6.07) is 0.222. The molecule has 5 rings (SSSR count). The van der Waals surface area contributed by atoms with E-state index in [1.54, 1.807) is 6.08 Å². The number of aliphatic imine (C=N–C) groups is 1. The Kier molecular flexibility index (Phi) is 6.22. The number of thioether (sulfide) groups is 1. The molecule has 1 saturated heterocycles. The fourth-order valence-corrected chi connectivity index (χ4v) is 6.72. The number of aliphatic hydroxyl groups is 2. The van der Waals surface area contributed by atoms with Gasteiger partial charge in [-0.2, -0.15) is 11.8 Å². The van der Waals surface area contributed by atoms with Crippen molar-refractivity contribution in [1.82, 2.24) is 5.32 Å². The molecule has 1 saturated carbocycles. The van der Waals surface area contributed by atoms with Crippen molar-refractivity contribution in [3.8, 4) is 0 Å². The van der Waals surface area contributed by atoms with Crippen molar-refractivity contribution in [3.05, 3.63) is 47.8 Å². The molecule has 7 atom stereocenters. The highest BCUT2D eigenvalue weighted by Crippen LogP contribution is 2.51. The van der Waals surface area contributed by atoms with Crippen molar-refractivity contribution in [2.45, 2.75) is 63.3 Å². The molecular weight excluding hydrogens is 392 g/mol. The number of allylic oxidation sites excluding steroid dienone is 5. The van der Waals surface area contributed by atoms with Crippen molar-refractivity contribution >= 4 is 17.5 Å². The average molecular weight is 427 g/mol. The third-order valence-corrected chi connectivity index (χ3v) is 8.51. The van der Waals surface area contributed by atoms with Crippen molar-refractivity contribution < 1.29 is 10.2 Å². The third-order valence-electron chi connectivity index (χ3n) is 7.41. The number of fused-ring (bicyclic) bond motifs is 3. The van der Waals surface area contributed by atoms with Gasteiger partial charge in [-0.25, -0.2) is 0 Å². The maximum atomic E-state index is 11.0. The maximum absolute atomic E-state index is 11.0. The van der Waals surface area contributed by atoms with Gasteiger partial charge >= 0.3 is 0 Å². The SMILES string of the molecule is OC1=CC=CC(NC(O)C2=NC(CC3CCCSCC3)C3C=C(C=CC4C[C@@H]43)C2)C1. The van der Waals surface area contributed by atoms with E-state index in [-0.39, 0.29) is 12.1 Å². The quantitative estimate of drug-likeness (QED) is 0.564. The van der Waals surface area contributed by atoms with Crippen molar-refractivity contribution in [2.75, 3.05) is 11.5 Å². The summed E-state index contributed by atoms with van der Waals surface area (Å²) in [5.74, 6) is 5.68. The number of nitrogens with one attached hydrogen (secondary N) is 1. The summed E-state index contributed by atoms with van der Waals surface area (Å²) in [6.45, 7) is 0. The first-order chi connectivity index (χ1) is 14.7. The molecule has 2 aliphatic heterocycles. The van der Waals surface area contributed by atoms with Gasteiger partial charge in [0.15, 0.2) is 0 Å². The normalized spacial score (nSPS) is 38.9. The molecule has 0 amide bonds. The summed E-state index contributed by atoms with van der Waals surface area (Å²) >= 11 is 2.10. The van der Waals surface area contributed by atoms with Crippen LogP contribution in [0.3, 0.4) is 0 Å². The van der Waals surface area contributed by atoms with E-state index in [2.05, 4.69) is 35.3 Å². The van der Waals surface area contributed by atoms with Gasteiger partial charge in [-0.1, -0.05) is 30.4 Å². The Labute approximate surface area is 184 Å². The Bertz CT molecular complexity index is 791. The number of nitrogens with zero attached hydrogens (tertiary/aromatic N) is 1. The first-order valence-corrected chi connectivity index (χ1v) is 12.8. The number of hydrogen-bond donors (Lipinski definition) is 3. The lowest BCUT2D eigenvalue weighted by Gasteiger charge is -2.27. The summed E-state index contributed by atoms with van der Waals surface area (Å²) in [5.41, 5.74) is 2.18. The maximum Gasteiger partial charge on any atom is 0.144 e. The summed E-state index contributed by atoms with van der Waals surface area (Å²) < 4.78 is 0. The highest BCUT2D eigenvalue weighted by Gasteiger charge is 2.46. The van der Waals surface area contributed by atoms with Crippen molar-refractivity contribution in [2.24, 2.45) is 28.7 Å².